The molecular formula is C15H22N4O2S. The maximum Gasteiger partial charge on any atom is 0.266 e. The van der Waals surface area contributed by atoms with E-state index in [2.05, 4.69) is 10.1 Å². The van der Waals surface area contributed by atoms with E-state index in [1.807, 2.05) is 39.4 Å². The minimum Gasteiger partial charge on any atom is -0.395 e. The predicted octanol–water partition coefficient (Wildman–Crippen LogP) is 1.74. The second-order valence-electron chi connectivity index (χ2n) is 5.37. The molecule has 6 nitrogen and oxygen atoms in total. The second kappa shape index (κ2) is 6.58. The average Bonchev–Trinajstić information content (AvgIpc) is 2.90. The van der Waals surface area contributed by atoms with E-state index in [0.717, 1.165) is 27.7 Å². The molecule has 0 aliphatic heterocycles. The molecule has 0 fully saturated rings. The maximum absolute atomic E-state index is 12.8. The van der Waals surface area contributed by atoms with Crippen molar-refractivity contribution in [1.82, 2.24) is 19.7 Å². The quantitative estimate of drug-likeness (QED) is 0.910. The van der Waals surface area contributed by atoms with Crippen molar-refractivity contribution in [2.75, 3.05) is 13.2 Å². The number of rotatable bonds is 5. The van der Waals surface area contributed by atoms with Crippen LogP contribution in [0.2, 0.25) is 0 Å². The lowest BCUT2D eigenvalue weighted by Crippen LogP contribution is -2.33. The summed E-state index contributed by atoms with van der Waals surface area (Å²) in [6.45, 7) is 8.32. The van der Waals surface area contributed by atoms with Crippen LogP contribution in [0.25, 0.3) is 0 Å². The molecule has 2 aromatic rings. The zero-order chi connectivity index (χ0) is 16.4. The lowest BCUT2D eigenvalue weighted by atomic mass is 10.1. The number of aromatic nitrogens is 3. The van der Waals surface area contributed by atoms with E-state index in [1.54, 1.807) is 4.90 Å². The molecule has 0 aromatic carbocycles. The van der Waals surface area contributed by atoms with Crippen LogP contribution < -0.4 is 0 Å². The van der Waals surface area contributed by atoms with E-state index < -0.39 is 0 Å². The fraction of sp³-hybridized carbons (Fsp3) is 0.533. The van der Waals surface area contributed by atoms with Gasteiger partial charge in [-0.3, -0.25) is 9.48 Å². The van der Waals surface area contributed by atoms with Crippen molar-refractivity contribution in [2.24, 2.45) is 7.05 Å². The summed E-state index contributed by atoms with van der Waals surface area (Å²) >= 11 is 1.40. The molecule has 0 unspecified atom stereocenters. The first-order valence-electron chi connectivity index (χ1n) is 7.18. The minimum absolute atomic E-state index is 0.0685. The van der Waals surface area contributed by atoms with Gasteiger partial charge in [0.15, 0.2) is 0 Å². The van der Waals surface area contributed by atoms with Crippen LogP contribution in [-0.4, -0.2) is 43.8 Å². The Morgan fingerprint density at radius 1 is 1.27 bits per heavy atom. The number of hydrogen-bond donors (Lipinski definition) is 1. The van der Waals surface area contributed by atoms with Gasteiger partial charge in [-0.1, -0.05) is 0 Å². The van der Waals surface area contributed by atoms with Crippen molar-refractivity contribution in [3.63, 3.8) is 0 Å². The van der Waals surface area contributed by atoms with Crippen LogP contribution in [-0.2, 0) is 13.6 Å². The first-order valence-corrected chi connectivity index (χ1v) is 8.00. The molecule has 0 saturated heterocycles. The van der Waals surface area contributed by atoms with Gasteiger partial charge in [0.05, 0.1) is 23.0 Å². The molecule has 22 heavy (non-hydrogen) atoms. The summed E-state index contributed by atoms with van der Waals surface area (Å²) in [6.07, 6.45) is 0. The molecule has 1 N–H and O–H groups in total. The van der Waals surface area contributed by atoms with Crippen LogP contribution in [0.1, 0.15) is 37.3 Å². The molecule has 0 spiro atoms. The number of aryl methyl sites for hydroxylation is 4. The molecule has 0 atom stereocenters. The Balaban J connectivity index is 2.30. The Morgan fingerprint density at radius 2 is 1.95 bits per heavy atom. The first kappa shape index (κ1) is 16.6. The fourth-order valence-corrected chi connectivity index (χ4v) is 3.37. The van der Waals surface area contributed by atoms with Gasteiger partial charge >= 0.3 is 0 Å². The van der Waals surface area contributed by atoms with E-state index in [0.29, 0.717) is 18.0 Å². The molecule has 2 rings (SSSR count). The minimum atomic E-state index is -0.0835. The van der Waals surface area contributed by atoms with Gasteiger partial charge in [-0.2, -0.15) is 5.10 Å². The largest absolute Gasteiger partial charge is 0.395 e. The smallest absolute Gasteiger partial charge is 0.266 e. The zero-order valence-electron chi connectivity index (χ0n) is 13.7. The van der Waals surface area contributed by atoms with E-state index in [-0.39, 0.29) is 12.5 Å². The van der Waals surface area contributed by atoms with Crippen LogP contribution in [0.3, 0.4) is 0 Å². The van der Waals surface area contributed by atoms with Crippen molar-refractivity contribution >= 4 is 17.2 Å². The van der Waals surface area contributed by atoms with Crippen LogP contribution in [0.4, 0.5) is 0 Å². The highest BCUT2D eigenvalue weighted by atomic mass is 32.1. The number of hydrogen-bond acceptors (Lipinski definition) is 5. The molecule has 120 valence electrons. The molecule has 7 heteroatoms. The normalized spacial score (nSPS) is 11.0. The topological polar surface area (TPSA) is 71.2 Å². The molecule has 0 aliphatic carbocycles. The summed E-state index contributed by atoms with van der Waals surface area (Å²) in [5, 5.41) is 14.6. The van der Waals surface area contributed by atoms with Gasteiger partial charge < -0.3 is 10.0 Å². The van der Waals surface area contributed by atoms with Crippen molar-refractivity contribution in [2.45, 2.75) is 34.2 Å². The summed E-state index contributed by atoms with van der Waals surface area (Å²) < 4.78 is 1.81. The van der Waals surface area contributed by atoms with Gasteiger partial charge in [0, 0.05) is 31.4 Å². The SMILES string of the molecule is Cc1nc(C)c(C(=O)N(CCO)Cc2c(C)nn(C)c2C)s1. The number of aliphatic hydroxyl groups excluding tert-OH is 1. The predicted molar refractivity (Wildman–Crippen MR) is 86.1 cm³/mol. The van der Waals surface area contributed by atoms with Crippen molar-refractivity contribution in [3.05, 3.63) is 32.5 Å². The van der Waals surface area contributed by atoms with Gasteiger partial charge in [-0.05, 0) is 27.7 Å². The van der Waals surface area contributed by atoms with E-state index >= 15 is 0 Å². The Morgan fingerprint density at radius 3 is 2.41 bits per heavy atom. The first-order chi connectivity index (χ1) is 10.3. The van der Waals surface area contributed by atoms with E-state index in [1.165, 1.54) is 11.3 Å². The Bertz CT molecular complexity index is 690. The summed E-state index contributed by atoms with van der Waals surface area (Å²) in [7, 11) is 1.89. The Kier molecular flexibility index (Phi) is 4.97. The number of carbonyl (C=O) groups is 1. The Hall–Kier alpha value is -1.73. The maximum atomic E-state index is 12.8. The van der Waals surface area contributed by atoms with Crippen LogP contribution in [0, 0.1) is 27.7 Å². The molecule has 0 aliphatic rings. The zero-order valence-corrected chi connectivity index (χ0v) is 14.5. The monoisotopic (exact) mass is 322 g/mol. The molecule has 0 radical (unpaired) electrons. The highest BCUT2D eigenvalue weighted by molar-refractivity contribution is 7.13. The van der Waals surface area contributed by atoms with Gasteiger partial charge in [-0.15, -0.1) is 11.3 Å². The summed E-state index contributed by atoms with van der Waals surface area (Å²) in [4.78, 5) is 19.4. The summed E-state index contributed by atoms with van der Waals surface area (Å²) in [5.41, 5.74) is 3.72. The van der Waals surface area contributed by atoms with Crippen molar-refractivity contribution in [3.8, 4) is 0 Å². The number of amides is 1. The van der Waals surface area contributed by atoms with E-state index in [4.69, 9.17) is 0 Å². The third-order valence-electron chi connectivity index (χ3n) is 3.76. The third-order valence-corrected chi connectivity index (χ3v) is 4.82. The summed E-state index contributed by atoms with van der Waals surface area (Å²) in [6, 6.07) is 0. The number of thiazole rings is 1. The third kappa shape index (κ3) is 3.20. The van der Waals surface area contributed by atoms with Crippen LogP contribution >= 0.6 is 11.3 Å². The highest BCUT2D eigenvalue weighted by Crippen LogP contribution is 2.22. The van der Waals surface area contributed by atoms with Gasteiger partial charge in [0.25, 0.3) is 5.91 Å². The van der Waals surface area contributed by atoms with Crippen molar-refractivity contribution in [1.29, 1.82) is 0 Å². The van der Waals surface area contributed by atoms with Crippen molar-refractivity contribution < 1.29 is 9.90 Å². The molecule has 1 amide bonds. The second-order valence-corrected chi connectivity index (χ2v) is 6.57. The summed E-state index contributed by atoms with van der Waals surface area (Å²) in [5.74, 6) is -0.0835. The Labute approximate surface area is 134 Å². The van der Waals surface area contributed by atoms with Gasteiger partial charge in [0.2, 0.25) is 0 Å². The molecule has 2 heterocycles. The number of carbonyl (C=O) groups excluding carboxylic acids is 1. The lowest BCUT2D eigenvalue weighted by Gasteiger charge is -2.21. The highest BCUT2D eigenvalue weighted by Gasteiger charge is 2.23. The van der Waals surface area contributed by atoms with E-state index in [9.17, 15) is 9.90 Å². The number of aliphatic hydroxyl groups is 1. The number of nitrogens with zero attached hydrogens (tertiary/aromatic N) is 4. The molecule has 0 bridgehead atoms. The van der Waals surface area contributed by atoms with Gasteiger partial charge in [-0.25, -0.2) is 4.98 Å². The van der Waals surface area contributed by atoms with Crippen LogP contribution in [0.5, 0.6) is 0 Å². The fourth-order valence-electron chi connectivity index (χ4n) is 2.48. The molecule has 0 saturated carbocycles. The standard InChI is InChI=1S/C15H22N4O2S/c1-9-13(11(3)18(5)17-9)8-19(6-7-20)15(21)14-10(2)16-12(4)22-14/h20H,6-8H2,1-5H3. The molecular weight excluding hydrogens is 300 g/mol. The molecule has 2 aromatic heterocycles. The lowest BCUT2D eigenvalue weighted by molar-refractivity contribution is 0.0711. The van der Waals surface area contributed by atoms with Gasteiger partial charge in [0.1, 0.15) is 4.88 Å². The average molecular weight is 322 g/mol. The van der Waals surface area contributed by atoms with Crippen LogP contribution in [0.15, 0.2) is 0 Å².